The Balaban J connectivity index is 2.57. The predicted molar refractivity (Wildman–Crippen MR) is 57.0 cm³/mol. The second-order valence-corrected chi connectivity index (χ2v) is 3.38. The van der Waals surface area contributed by atoms with Crippen molar-refractivity contribution in [1.29, 1.82) is 0 Å². The summed E-state index contributed by atoms with van der Waals surface area (Å²) in [5.41, 5.74) is -1.05. The molecule has 92 valence electrons. The molecule has 0 unspecified atom stereocenters. The van der Waals surface area contributed by atoms with E-state index in [1.165, 1.54) is 24.3 Å². The van der Waals surface area contributed by atoms with Gasteiger partial charge in [0.2, 0.25) is 11.7 Å². The molecule has 0 fully saturated rings. The van der Waals surface area contributed by atoms with Gasteiger partial charge in [-0.15, -0.1) is 0 Å². The summed E-state index contributed by atoms with van der Waals surface area (Å²) in [4.78, 5) is 14.2. The molecule has 0 radical (unpaired) electrons. The lowest BCUT2D eigenvalue weighted by Gasteiger charge is -2.09. The molecule has 6 heteroatoms. The van der Waals surface area contributed by atoms with Gasteiger partial charge in [0.25, 0.3) is 5.78 Å². The third-order valence-electron chi connectivity index (χ3n) is 2.20. The van der Waals surface area contributed by atoms with E-state index in [0.717, 1.165) is 0 Å². The van der Waals surface area contributed by atoms with Crippen LogP contribution in [0.25, 0.3) is 0 Å². The summed E-state index contributed by atoms with van der Waals surface area (Å²) in [5, 5.41) is 0. The Morgan fingerprint density at radius 1 is 0.778 bits per heavy atom. The van der Waals surface area contributed by atoms with Crippen molar-refractivity contribution in [1.82, 2.24) is 0 Å². The predicted octanol–water partition coefficient (Wildman–Crippen LogP) is 3.64. The average Bonchev–Trinajstić information content (AvgIpc) is 2.40. The van der Waals surface area contributed by atoms with E-state index in [2.05, 4.69) is 4.99 Å². The number of hydrogen-bond acceptors (Lipinski definition) is 2. The number of nitrogens with zero attached hydrogens (tertiary/aromatic N) is 1. The van der Waals surface area contributed by atoms with Crippen LogP contribution in [-0.2, 0) is 4.79 Å². The van der Waals surface area contributed by atoms with E-state index in [4.69, 9.17) is 0 Å². The van der Waals surface area contributed by atoms with Crippen molar-refractivity contribution in [2.75, 3.05) is 0 Å². The summed E-state index contributed by atoms with van der Waals surface area (Å²) in [5.74, 6) is -9.52. The molecule has 0 aromatic heterocycles. The van der Waals surface area contributed by atoms with E-state index >= 15 is 0 Å². The molecular weight excluding hydrogens is 250 g/mol. The zero-order chi connectivity index (χ0) is 13.3. The van der Waals surface area contributed by atoms with E-state index < -0.39 is 34.8 Å². The Hall–Kier alpha value is -2.24. The zero-order valence-electron chi connectivity index (χ0n) is 8.75. The highest BCUT2D eigenvalue weighted by atomic mass is 19.2. The lowest BCUT2D eigenvalue weighted by molar-refractivity contribution is -0.115. The fraction of sp³-hybridized carbons (Fsp3) is 0. The van der Waals surface area contributed by atoms with Crippen molar-refractivity contribution in [3.05, 3.63) is 53.6 Å². The minimum atomic E-state index is -1.98. The van der Waals surface area contributed by atoms with Gasteiger partial charge in [-0.25, -0.2) is 13.8 Å². The van der Waals surface area contributed by atoms with Gasteiger partial charge in [-0.05, 0) is 12.1 Å². The summed E-state index contributed by atoms with van der Waals surface area (Å²) in [6.07, 6.45) is 0. The molecule has 1 aliphatic carbocycles. The fourth-order valence-corrected chi connectivity index (χ4v) is 1.33. The van der Waals surface area contributed by atoms with Crippen LogP contribution in [0.4, 0.5) is 23.2 Å². The number of para-hydroxylation sites is 1. The molecule has 0 aliphatic heterocycles. The normalized spacial score (nSPS) is 16.4. The van der Waals surface area contributed by atoms with Crippen LogP contribution in [0.1, 0.15) is 0 Å². The van der Waals surface area contributed by atoms with Crippen molar-refractivity contribution in [3.63, 3.8) is 0 Å². The van der Waals surface area contributed by atoms with Crippen LogP contribution >= 0.6 is 0 Å². The van der Waals surface area contributed by atoms with Gasteiger partial charge in [-0.2, -0.15) is 8.78 Å². The smallest absolute Gasteiger partial charge is 0.255 e. The molecule has 0 atom stereocenters. The maximum Gasteiger partial charge on any atom is 0.255 e. The van der Waals surface area contributed by atoms with Crippen molar-refractivity contribution in [2.24, 2.45) is 4.99 Å². The number of rotatable bonds is 1. The van der Waals surface area contributed by atoms with Gasteiger partial charge in [-0.1, -0.05) is 18.2 Å². The molecule has 0 saturated heterocycles. The van der Waals surface area contributed by atoms with Crippen LogP contribution in [0.5, 0.6) is 0 Å². The highest BCUT2D eigenvalue weighted by Crippen LogP contribution is 2.30. The number of hydrogen-bond donors (Lipinski definition) is 0. The third kappa shape index (κ3) is 1.97. The molecule has 0 saturated carbocycles. The summed E-state index contributed by atoms with van der Waals surface area (Å²) in [7, 11) is 0. The van der Waals surface area contributed by atoms with E-state index in [1.54, 1.807) is 6.07 Å². The van der Waals surface area contributed by atoms with Crippen LogP contribution in [-0.4, -0.2) is 11.5 Å². The third-order valence-corrected chi connectivity index (χ3v) is 2.20. The largest absolute Gasteiger partial charge is 0.283 e. The quantitative estimate of drug-likeness (QED) is 0.556. The number of allylic oxidation sites excluding steroid dienone is 4. The molecule has 18 heavy (non-hydrogen) atoms. The van der Waals surface area contributed by atoms with Gasteiger partial charge in [-0.3, -0.25) is 4.79 Å². The topological polar surface area (TPSA) is 29.4 Å². The Kier molecular flexibility index (Phi) is 3.10. The van der Waals surface area contributed by atoms with Crippen LogP contribution in [0.2, 0.25) is 0 Å². The van der Waals surface area contributed by atoms with E-state index in [-0.39, 0.29) is 5.69 Å². The monoisotopic (exact) mass is 255 g/mol. The Labute approximate surface area is 99.0 Å². The van der Waals surface area contributed by atoms with Crippen LogP contribution in [0.15, 0.2) is 58.6 Å². The molecule has 0 spiro atoms. The Morgan fingerprint density at radius 3 is 1.78 bits per heavy atom. The maximum absolute atomic E-state index is 13.3. The number of benzene rings is 1. The molecule has 1 aliphatic rings. The minimum Gasteiger partial charge on any atom is -0.283 e. The SMILES string of the molecule is O=C1C(F)=C(F)C(=Nc2ccccc2)C(F)=C1F. The fourth-order valence-electron chi connectivity index (χ4n) is 1.33. The van der Waals surface area contributed by atoms with Crippen molar-refractivity contribution < 1.29 is 22.4 Å². The summed E-state index contributed by atoms with van der Waals surface area (Å²) >= 11 is 0. The number of carbonyl (C=O) groups is 1. The van der Waals surface area contributed by atoms with Gasteiger partial charge in [0.1, 0.15) is 5.71 Å². The Bertz CT molecular complexity index is 572. The first-order chi connectivity index (χ1) is 8.52. The average molecular weight is 255 g/mol. The first-order valence-corrected chi connectivity index (χ1v) is 4.82. The molecule has 0 heterocycles. The van der Waals surface area contributed by atoms with Gasteiger partial charge in [0.15, 0.2) is 11.7 Å². The standard InChI is InChI=1S/C12H5F4NO/c13-7-9(15)12(18)10(16)8(14)11(7)17-6-4-2-1-3-5-6/h1-5H. The number of carbonyl (C=O) groups excluding carboxylic acids is 1. The van der Waals surface area contributed by atoms with Crippen LogP contribution in [0.3, 0.4) is 0 Å². The number of aliphatic imine (C=N–C) groups is 1. The van der Waals surface area contributed by atoms with Crippen LogP contribution < -0.4 is 0 Å². The summed E-state index contributed by atoms with van der Waals surface area (Å²) in [6.45, 7) is 0. The molecule has 0 bridgehead atoms. The molecular formula is C12H5F4NO. The zero-order valence-corrected chi connectivity index (χ0v) is 8.75. The van der Waals surface area contributed by atoms with E-state index in [0.29, 0.717) is 0 Å². The minimum absolute atomic E-state index is 0.104. The van der Waals surface area contributed by atoms with Crippen LogP contribution in [0, 0.1) is 0 Å². The van der Waals surface area contributed by atoms with Crippen molar-refractivity contribution in [2.45, 2.75) is 0 Å². The van der Waals surface area contributed by atoms with Gasteiger partial charge < -0.3 is 0 Å². The Morgan fingerprint density at radius 2 is 1.28 bits per heavy atom. The molecule has 1 aromatic carbocycles. The number of Topliss-reactive ketones (excluding diaryl/α,β-unsaturated/α-hetero) is 1. The first-order valence-electron chi connectivity index (χ1n) is 4.82. The second kappa shape index (κ2) is 4.56. The number of halogens is 4. The first kappa shape index (κ1) is 12.2. The second-order valence-electron chi connectivity index (χ2n) is 3.38. The van der Waals surface area contributed by atoms with E-state index in [9.17, 15) is 22.4 Å². The van der Waals surface area contributed by atoms with Crippen molar-refractivity contribution >= 4 is 17.2 Å². The molecule has 1 aromatic rings. The molecule has 2 nitrogen and oxygen atoms in total. The summed E-state index contributed by atoms with van der Waals surface area (Å²) in [6, 6.07) is 7.47. The van der Waals surface area contributed by atoms with Gasteiger partial charge in [0, 0.05) is 0 Å². The lowest BCUT2D eigenvalue weighted by Crippen LogP contribution is -2.17. The van der Waals surface area contributed by atoms with Gasteiger partial charge in [0.05, 0.1) is 5.69 Å². The highest BCUT2D eigenvalue weighted by molar-refractivity contribution is 6.24. The van der Waals surface area contributed by atoms with Gasteiger partial charge >= 0.3 is 0 Å². The molecule has 2 rings (SSSR count). The van der Waals surface area contributed by atoms with E-state index in [1.807, 2.05) is 0 Å². The lowest BCUT2D eigenvalue weighted by atomic mass is 10.1. The molecule has 0 amide bonds. The number of ketones is 1. The highest BCUT2D eigenvalue weighted by Gasteiger charge is 2.35. The summed E-state index contributed by atoms with van der Waals surface area (Å²) < 4.78 is 52.6. The molecule has 0 N–H and O–H groups in total. The maximum atomic E-state index is 13.3. The van der Waals surface area contributed by atoms with Crippen molar-refractivity contribution in [3.8, 4) is 0 Å².